The first-order valence-electron chi connectivity index (χ1n) is 7.26. The third kappa shape index (κ3) is 8.11. The minimum atomic E-state index is -4.11. The second kappa shape index (κ2) is 9.09. The van der Waals surface area contributed by atoms with Crippen LogP contribution >= 0.6 is 0 Å². The molecule has 1 fully saturated rings. The van der Waals surface area contributed by atoms with Crippen molar-refractivity contribution in [3.8, 4) is 0 Å². The summed E-state index contributed by atoms with van der Waals surface area (Å²) in [5.74, 6) is 0.877. The smallest absolute Gasteiger partial charge is 0.380 e. The van der Waals surface area contributed by atoms with E-state index in [1.165, 1.54) is 4.90 Å². The van der Waals surface area contributed by atoms with Crippen LogP contribution in [0.5, 0.6) is 0 Å². The first kappa shape index (κ1) is 18.0. The molecule has 0 amide bonds. The molecule has 2 N–H and O–H groups in total. The zero-order valence-electron chi connectivity index (χ0n) is 12.7. The van der Waals surface area contributed by atoms with E-state index in [0.29, 0.717) is 45.4 Å². The first-order valence-corrected chi connectivity index (χ1v) is 7.26. The van der Waals surface area contributed by atoms with Crippen LogP contribution in [-0.4, -0.2) is 70.0 Å². The molecule has 1 saturated heterocycles. The van der Waals surface area contributed by atoms with Gasteiger partial charge in [-0.05, 0) is 25.8 Å². The molecule has 0 bridgehead atoms. The van der Waals surface area contributed by atoms with Crippen molar-refractivity contribution in [2.45, 2.75) is 19.5 Å². The van der Waals surface area contributed by atoms with Crippen LogP contribution in [0, 0.1) is 5.92 Å². The Morgan fingerprint density at radius 2 is 2.14 bits per heavy atom. The van der Waals surface area contributed by atoms with Gasteiger partial charge in [-0.15, -0.1) is 0 Å². The van der Waals surface area contributed by atoms with Crippen LogP contribution in [-0.2, 0) is 4.74 Å². The number of halogens is 3. The summed E-state index contributed by atoms with van der Waals surface area (Å²) < 4.78 is 42.1. The van der Waals surface area contributed by atoms with Gasteiger partial charge in [0.05, 0.1) is 13.2 Å². The highest BCUT2D eigenvalue weighted by Crippen LogP contribution is 2.22. The van der Waals surface area contributed by atoms with Gasteiger partial charge < -0.3 is 15.4 Å². The van der Waals surface area contributed by atoms with Crippen molar-refractivity contribution in [2.75, 3.05) is 53.0 Å². The Bertz CT molecular complexity index is 323. The average molecular weight is 310 g/mol. The number of nitrogens with one attached hydrogen (secondary N) is 2. The third-order valence-electron chi connectivity index (χ3n) is 3.30. The van der Waals surface area contributed by atoms with Gasteiger partial charge in [0.15, 0.2) is 5.96 Å². The maximum Gasteiger partial charge on any atom is 0.401 e. The molecule has 1 heterocycles. The van der Waals surface area contributed by atoms with Gasteiger partial charge in [-0.2, -0.15) is 13.2 Å². The Morgan fingerprint density at radius 1 is 1.38 bits per heavy atom. The quantitative estimate of drug-likeness (QED) is 0.420. The number of hydrogen-bond donors (Lipinski definition) is 2. The summed E-state index contributed by atoms with van der Waals surface area (Å²) in [6, 6.07) is 0. The maximum atomic E-state index is 12.3. The van der Waals surface area contributed by atoms with Crippen molar-refractivity contribution < 1.29 is 17.9 Å². The molecular weight excluding hydrogens is 285 g/mol. The van der Waals surface area contributed by atoms with Crippen LogP contribution in [0.15, 0.2) is 4.99 Å². The fourth-order valence-corrected chi connectivity index (χ4v) is 2.32. The summed E-state index contributed by atoms with van der Waals surface area (Å²) in [5, 5.41) is 6.24. The van der Waals surface area contributed by atoms with Crippen molar-refractivity contribution in [1.29, 1.82) is 0 Å². The monoisotopic (exact) mass is 310 g/mol. The normalized spacial score (nSPS) is 20.8. The molecular formula is C13H25F3N4O. The lowest BCUT2D eigenvalue weighted by Gasteiger charge is -2.18. The summed E-state index contributed by atoms with van der Waals surface area (Å²) in [6.07, 6.45) is -3.34. The van der Waals surface area contributed by atoms with Gasteiger partial charge in [-0.1, -0.05) is 0 Å². The largest absolute Gasteiger partial charge is 0.401 e. The van der Waals surface area contributed by atoms with E-state index in [4.69, 9.17) is 4.74 Å². The fraction of sp³-hybridized carbons (Fsp3) is 0.923. The maximum absolute atomic E-state index is 12.3. The summed E-state index contributed by atoms with van der Waals surface area (Å²) in [4.78, 5) is 5.53. The number of likely N-dealkylation sites (tertiary alicyclic amines) is 1. The van der Waals surface area contributed by atoms with Gasteiger partial charge in [-0.25, -0.2) is 0 Å². The van der Waals surface area contributed by atoms with Crippen molar-refractivity contribution in [1.82, 2.24) is 15.5 Å². The minimum Gasteiger partial charge on any atom is -0.380 e. The lowest BCUT2D eigenvalue weighted by atomic mass is 10.1. The van der Waals surface area contributed by atoms with Crippen molar-refractivity contribution in [2.24, 2.45) is 10.9 Å². The molecule has 8 heteroatoms. The standard InChI is InChI=1S/C13H25F3N4O/c1-3-21-7-5-18-12(17-2)19-8-11-4-6-20(9-11)10-13(14,15)16/h11H,3-10H2,1-2H3,(H2,17,18,19). The molecule has 0 aromatic carbocycles. The van der Waals surface area contributed by atoms with Crippen LogP contribution in [0.1, 0.15) is 13.3 Å². The van der Waals surface area contributed by atoms with Crippen LogP contribution in [0.4, 0.5) is 13.2 Å². The van der Waals surface area contributed by atoms with E-state index in [9.17, 15) is 13.2 Å². The highest BCUT2D eigenvalue weighted by Gasteiger charge is 2.34. The Morgan fingerprint density at radius 3 is 2.76 bits per heavy atom. The number of guanidine groups is 1. The number of nitrogens with zero attached hydrogens (tertiary/aromatic N) is 2. The molecule has 0 radical (unpaired) electrons. The van der Waals surface area contributed by atoms with E-state index in [1.54, 1.807) is 7.05 Å². The predicted octanol–water partition coefficient (Wildman–Crippen LogP) is 1.07. The van der Waals surface area contributed by atoms with E-state index in [-0.39, 0.29) is 5.92 Å². The van der Waals surface area contributed by atoms with E-state index in [0.717, 1.165) is 6.42 Å². The van der Waals surface area contributed by atoms with Gasteiger partial charge >= 0.3 is 6.18 Å². The Labute approximate surface area is 123 Å². The van der Waals surface area contributed by atoms with Gasteiger partial charge in [0.25, 0.3) is 0 Å². The number of hydrogen-bond acceptors (Lipinski definition) is 3. The molecule has 1 rings (SSSR count). The predicted molar refractivity (Wildman–Crippen MR) is 76.5 cm³/mol. The van der Waals surface area contributed by atoms with Crippen molar-refractivity contribution in [3.63, 3.8) is 0 Å². The fourth-order valence-electron chi connectivity index (χ4n) is 2.32. The van der Waals surface area contributed by atoms with Crippen molar-refractivity contribution in [3.05, 3.63) is 0 Å². The van der Waals surface area contributed by atoms with Crippen LogP contribution < -0.4 is 10.6 Å². The molecule has 21 heavy (non-hydrogen) atoms. The number of alkyl halides is 3. The SMILES string of the molecule is CCOCCNC(=NC)NCC1CCN(CC(F)(F)F)C1. The van der Waals surface area contributed by atoms with Gasteiger partial charge in [0.2, 0.25) is 0 Å². The molecule has 0 aromatic rings. The molecule has 1 unspecified atom stereocenters. The lowest BCUT2D eigenvalue weighted by molar-refractivity contribution is -0.143. The van der Waals surface area contributed by atoms with Gasteiger partial charge in [-0.3, -0.25) is 9.89 Å². The second-order valence-corrected chi connectivity index (χ2v) is 5.08. The van der Waals surface area contributed by atoms with Gasteiger partial charge in [0.1, 0.15) is 0 Å². The number of ether oxygens (including phenoxy) is 1. The van der Waals surface area contributed by atoms with Crippen molar-refractivity contribution >= 4 is 5.96 Å². The van der Waals surface area contributed by atoms with E-state index in [1.807, 2.05) is 6.92 Å². The summed E-state index contributed by atoms with van der Waals surface area (Å²) in [5.41, 5.74) is 0. The summed E-state index contributed by atoms with van der Waals surface area (Å²) in [7, 11) is 1.67. The van der Waals surface area contributed by atoms with Gasteiger partial charge in [0, 0.05) is 33.3 Å². The minimum absolute atomic E-state index is 0.220. The zero-order valence-corrected chi connectivity index (χ0v) is 12.7. The highest BCUT2D eigenvalue weighted by molar-refractivity contribution is 5.79. The lowest BCUT2D eigenvalue weighted by Crippen LogP contribution is -2.41. The third-order valence-corrected chi connectivity index (χ3v) is 3.30. The molecule has 5 nitrogen and oxygen atoms in total. The highest BCUT2D eigenvalue weighted by atomic mass is 19.4. The zero-order chi connectivity index (χ0) is 15.7. The molecule has 1 atom stereocenters. The molecule has 0 spiro atoms. The molecule has 124 valence electrons. The van der Waals surface area contributed by atoms with E-state index >= 15 is 0 Å². The topological polar surface area (TPSA) is 48.9 Å². The Hall–Kier alpha value is -1.02. The van der Waals surface area contributed by atoms with E-state index < -0.39 is 12.7 Å². The van der Waals surface area contributed by atoms with Crippen LogP contribution in [0.3, 0.4) is 0 Å². The molecule has 1 aliphatic heterocycles. The van der Waals surface area contributed by atoms with Crippen LogP contribution in [0.2, 0.25) is 0 Å². The molecule has 0 aromatic heterocycles. The summed E-state index contributed by atoms with van der Waals surface area (Å²) in [6.45, 7) is 4.64. The van der Waals surface area contributed by atoms with E-state index in [2.05, 4.69) is 15.6 Å². The number of rotatable bonds is 7. The Balaban J connectivity index is 2.19. The molecule has 0 saturated carbocycles. The Kier molecular flexibility index (Phi) is 7.81. The first-order chi connectivity index (χ1) is 9.94. The number of aliphatic imine (C=N–C) groups is 1. The average Bonchev–Trinajstić information content (AvgIpc) is 2.83. The molecule has 1 aliphatic rings. The van der Waals surface area contributed by atoms with Crippen LogP contribution in [0.25, 0.3) is 0 Å². The molecule has 0 aliphatic carbocycles. The summed E-state index contributed by atoms with van der Waals surface area (Å²) >= 11 is 0. The second-order valence-electron chi connectivity index (χ2n) is 5.08.